The highest BCUT2D eigenvalue weighted by Crippen LogP contribution is 2.55. The molecule has 5 rings (SSSR count). The first-order chi connectivity index (χ1) is 15.8. The Kier molecular flexibility index (Phi) is 7.49. The maximum Gasteiger partial charge on any atom is 0.210 e. The summed E-state index contributed by atoms with van der Waals surface area (Å²) in [5, 5.41) is 5.00. The van der Waals surface area contributed by atoms with Crippen molar-refractivity contribution in [2.45, 2.75) is 5.03 Å². The summed E-state index contributed by atoms with van der Waals surface area (Å²) in [7, 11) is -2.20. The largest absolute Gasteiger partial charge is 1.00 e. The van der Waals surface area contributed by atoms with Crippen molar-refractivity contribution in [1.82, 2.24) is 9.97 Å². The maximum absolute atomic E-state index is 5.08. The number of halogens is 1. The molecule has 4 aromatic carbocycles. The van der Waals surface area contributed by atoms with E-state index in [1.165, 1.54) is 21.3 Å². The van der Waals surface area contributed by atoms with Gasteiger partial charge < -0.3 is 22.0 Å². The number of hydrogen-bond acceptors (Lipinski definition) is 2. The third-order valence-electron chi connectivity index (χ3n) is 5.66. The van der Waals surface area contributed by atoms with Gasteiger partial charge in [-0.2, -0.15) is 0 Å². The summed E-state index contributed by atoms with van der Waals surface area (Å²) in [4.78, 5) is 8.88. The Labute approximate surface area is 210 Å². The second-order valence-electron chi connectivity index (χ2n) is 7.49. The molecule has 0 aliphatic rings. The van der Waals surface area contributed by atoms with Gasteiger partial charge in [-0.3, -0.25) is 0 Å². The van der Waals surface area contributed by atoms with Crippen molar-refractivity contribution in [1.29, 1.82) is 0 Å². The molecule has 0 aliphatic heterocycles. The zero-order chi connectivity index (χ0) is 21.8. The molecule has 1 aromatic heterocycles. The van der Waals surface area contributed by atoms with E-state index in [2.05, 4.69) is 127 Å². The number of thioether (sulfide) groups is 1. The SMILES string of the molecule is CSc1nc(-c2ccccc2)[nH]c1[P+](c1ccccc1)(c1ccccc1)c1ccccc1.[Br-]. The number of imidazole rings is 1. The van der Waals surface area contributed by atoms with E-state index in [4.69, 9.17) is 4.98 Å². The van der Waals surface area contributed by atoms with Crippen LogP contribution in [0, 0.1) is 0 Å². The Balaban J connectivity index is 0.00000259. The fourth-order valence-corrected chi connectivity index (χ4v) is 9.49. The third kappa shape index (κ3) is 4.31. The molecule has 1 N–H and O–H groups in total. The maximum atomic E-state index is 5.08. The summed E-state index contributed by atoms with van der Waals surface area (Å²) in [5.74, 6) is 0.914. The van der Waals surface area contributed by atoms with Crippen LogP contribution in [-0.2, 0) is 0 Å². The molecule has 0 saturated carbocycles. The molecule has 0 bridgehead atoms. The fraction of sp³-hybridized carbons (Fsp3) is 0.0357. The Bertz CT molecular complexity index is 1200. The van der Waals surface area contributed by atoms with E-state index in [9.17, 15) is 0 Å². The van der Waals surface area contributed by atoms with Gasteiger partial charge in [0.15, 0.2) is 12.3 Å². The van der Waals surface area contributed by atoms with Crippen molar-refractivity contribution in [3.05, 3.63) is 121 Å². The predicted octanol–water partition coefficient (Wildman–Crippen LogP) is 2.42. The van der Waals surface area contributed by atoms with E-state index in [0.29, 0.717) is 0 Å². The van der Waals surface area contributed by atoms with Crippen molar-refractivity contribution in [3.63, 3.8) is 0 Å². The number of rotatable bonds is 6. The van der Waals surface area contributed by atoms with Gasteiger partial charge in [0.25, 0.3) is 0 Å². The van der Waals surface area contributed by atoms with Gasteiger partial charge in [0.1, 0.15) is 21.7 Å². The van der Waals surface area contributed by atoms with Gasteiger partial charge in [-0.25, -0.2) is 4.98 Å². The molecule has 0 aliphatic carbocycles. The van der Waals surface area contributed by atoms with Gasteiger partial charge in [-0.05, 0) is 42.7 Å². The summed E-state index contributed by atoms with van der Waals surface area (Å²) in [6.07, 6.45) is 2.12. The average Bonchev–Trinajstić information content (AvgIpc) is 3.32. The quantitative estimate of drug-likeness (QED) is 0.270. The molecule has 0 spiro atoms. The molecular weight excluding hydrogens is 507 g/mol. The van der Waals surface area contributed by atoms with Crippen molar-refractivity contribution >= 4 is 40.4 Å². The smallest absolute Gasteiger partial charge is 0.210 e. The van der Waals surface area contributed by atoms with Crippen molar-refractivity contribution in [2.75, 3.05) is 6.26 Å². The Morgan fingerprint density at radius 2 is 1.00 bits per heavy atom. The van der Waals surface area contributed by atoms with Crippen LogP contribution < -0.4 is 38.3 Å². The van der Waals surface area contributed by atoms with Crippen LogP contribution in [0.3, 0.4) is 0 Å². The lowest BCUT2D eigenvalue weighted by Crippen LogP contribution is -3.00. The topological polar surface area (TPSA) is 28.7 Å². The number of hydrogen-bond donors (Lipinski definition) is 1. The molecule has 0 radical (unpaired) electrons. The number of aromatic nitrogens is 2. The standard InChI is InChI=1S/C28H24N2PS.BrH/c1-32-28-27(29-26(30-28)22-14-6-2-7-15-22)31(23-16-8-3-9-17-23,24-18-10-4-11-19-24)25-20-12-5-13-21-25;/h2-21H,1H3,(H,29,30);1H/q+1;/p-1. The van der Waals surface area contributed by atoms with Crippen molar-refractivity contribution in [3.8, 4) is 11.4 Å². The number of benzene rings is 4. The normalized spacial score (nSPS) is 11.1. The van der Waals surface area contributed by atoms with E-state index >= 15 is 0 Å². The van der Waals surface area contributed by atoms with Crippen LogP contribution in [0.2, 0.25) is 0 Å². The lowest BCUT2D eigenvalue weighted by molar-refractivity contribution is -0.00000624. The zero-order valence-electron chi connectivity index (χ0n) is 18.2. The Morgan fingerprint density at radius 3 is 1.39 bits per heavy atom. The van der Waals surface area contributed by atoms with Crippen LogP contribution in [0.25, 0.3) is 11.4 Å². The summed E-state index contributed by atoms with van der Waals surface area (Å²) < 4.78 is 0. The van der Waals surface area contributed by atoms with E-state index in [1.54, 1.807) is 11.8 Å². The third-order valence-corrected chi connectivity index (χ3v) is 10.7. The van der Waals surface area contributed by atoms with Gasteiger partial charge in [-0.15, -0.1) is 11.8 Å². The van der Waals surface area contributed by atoms with Crippen LogP contribution in [-0.4, -0.2) is 16.2 Å². The number of aromatic amines is 1. The molecule has 0 unspecified atom stereocenters. The Hall–Kier alpha value is -2.65. The minimum Gasteiger partial charge on any atom is -1.00 e. The first-order valence-corrected chi connectivity index (χ1v) is 13.6. The van der Waals surface area contributed by atoms with Crippen LogP contribution >= 0.6 is 19.0 Å². The molecule has 5 aromatic rings. The molecule has 0 atom stereocenters. The molecule has 5 heteroatoms. The average molecular weight is 531 g/mol. The molecule has 2 nitrogen and oxygen atoms in total. The molecule has 0 saturated heterocycles. The van der Waals surface area contributed by atoms with Gasteiger partial charge >= 0.3 is 0 Å². The number of nitrogens with zero attached hydrogens (tertiary/aromatic N) is 1. The molecule has 0 fully saturated rings. The molecule has 0 amide bonds. The predicted molar refractivity (Wildman–Crippen MR) is 141 cm³/mol. The minimum absolute atomic E-state index is 0. The molecule has 1 heterocycles. The Morgan fingerprint density at radius 1 is 0.606 bits per heavy atom. The zero-order valence-corrected chi connectivity index (χ0v) is 21.5. The van der Waals surface area contributed by atoms with Crippen LogP contribution in [0.15, 0.2) is 126 Å². The summed E-state index contributed by atoms with van der Waals surface area (Å²) in [6.45, 7) is 0. The lowest BCUT2D eigenvalue weighted by atomic mass is 10.2. The van der Waals surface area contributed by atoms with E-state index in [1.807, 2.05) is 6.07 Å². The second-order valence-corrected chi connectivity index (χ2v) is 11.6. The van der Waals surface area contributed by atoms with Gasteiger partial charge in [0.05, 0.1) is 0 Å². The fourth-order valence-electron chi connectivity index (χ4n) is 4.24. The lowest BCUT2D eigenvalue weighted by Gasteiger charge is -2.26. The van der Waals surface area contributed by atoms with Crippen molar-refractivity contribution < 1.29 is 17.0 Å². The number of nitrogens with one attached hydrogen (secondary N) is 1. The summed E-state index contributed by atoms with van der Waals surface area (Å²) in [5.41, 5.74) is 2.30. The number of H-pyrrole nitrogens is 1. The monoisotopic (exact) mass is 530 g/mol. The first kappa shape index (κ1) is 23.5. The van der Waals surface area contributed by atoms with E-state index in [0.717, 1.165) is 16.4 Å². The van der Waals surface area contributed by atoms with Gasteiger partial charge in [0, 0.05) is 5.56 Å². The minimum atomic E-state index is -2.20. The first-order valence-electron chi connectivity index (χ1n) is 10.6. The van der Waals surface area contributed by atoms with E-state index in [-0.39, 0.29) is 17.0 Å². The summed E-state index contributed by atoms with van der Waals surface area (Å²) in [6, 6.07) is 43.1. The highest BCUT2D eigenvalue weighted by Gasteiger charge is 2.51. The summed E-state index contributed by atoms with van der Waals surface area (Å²) >= 11 is 1.71. The van der Waals surface area contributed by atoms with Crippen LogP contribution in [0.5, 0.6) is 0 Å². The van der Waals surface area contributed by atoms with Crippen LogP contribution in [0.4, 0.5) is 0 Å². The molecular formula is C28H24BrN2PS. The second kappa shape index (κ2) is 10.5. The highest BCUT2D eigenvalue weighted by atomic mass is 79.9. The van der Waals surface area contributed by atoms with Crippen LogP contribution in [0.1, 0.15) is 0 Å². The molecule has 164 valence electrons. The van der Waals surface area contributed by atoms with Gasteiger partial charge in [0.2, 0.25) is 5.44 Å². The molecule has 33 heavy (non-hydrogen) atoms. The highest BCUT2D eigenvalue weighted by molar-refractivity contribution is 8.04. The van der Waals surface area contributed by atoms with Crippen molar-refractivity contribution in [2.24, 2.45) is 0 Å². The van der Waals surface area contributed by atoms with Gasteiger partial charge in [-0.1, -0.05) is 84.9 Å². The van der Waals surface area contributed by atoms with E-state index < -0.39 is 7.26 Å².